The standard InChI is InChI=1S/C12H17NO5/c1-15-7-8-18-13-12(14)9-5-4-6-10(16-2)11(9)17-3/h4-6H,7-8H2,1-3H3,(H,13,14). The molecule has 0 bridgehead atoms. The highest BCUT2D eigenvalue weighted by Gasteiger charge is 2.16. The molecule has 6 nitrogen and oxygen atoms in total. The van der Waals surface area contributed by atoms with Gasteiger partial charge in [0.05, 0.1) is 33.0 Å². The molecule has 0 fully saturated rings. The van der Waals surface area contributed by atoms with E-state index < -0.39 is 5.91 Å². The molecule has 0 unspecified atom stereocenters. The van der Waals surface area contributed by atoms with Crippen molar-refractivity contribution in [2.24, 2.45) is 0 Å². The number of nitrogens with one attached hydrogen (secondary N) is 1. The maximum absolute atomic E-state index is 11.8. The molecule has 1 amide bonds. The molecule has 0 radical (unpaired) electrons. The van der Waals surface area contributed by atoms with Crippen LogP contribution < -0.4 is 15.0 Å². The number of rotatable bonds is 7. The van der Waals surface area contributed by atoms with Crippen LogP contribution >= 0.6 is 0 Å². The molecule has 0 saturated carbocycles. The number of hydrogen-bond donors (Lipinski definition) is 1. The summed E-state index contributed by atoms with van der Waals surface area (Å²) in [6.45, 7) is 0.671. The van der Waals surface area contributed by atoms with Gasteiger partial charge < -0.3 is 14.2 Å². The van der Waals surface area contributed by atoms with Crippen molar-refractivity contribution in [3.63, 3.8) is 0 Å². The second-order valence-corrected chi connectivity index (χ2v) is 3.31. The maximum Gasteiger partial charge on any atom is 0.278 e. The highest BCUT2D eigenvalue weighted by atomic mass is 16.7. The van der Waals surface area contributed by atoms with Crippen LogP contribution in [0.2, 0.25) is 0 Å². The molecule has 1 N–H and O–H groups in total. The number of carbonyl (C=O) groups excluding carboxylic acids is 1. The van der Waals surface area contributed by atoms with E-state index in [1.54, 1.807) is 25.3 Å². The Morgan fingerprint density at radius 1 is 1.17 bits per heavy atom. The third kappa shape index (κ3) is 3.61. The fraction of sp³-hybridized carbons (Fsp3) is 0.417. The quantitative estimate of drug-likeness (QED) is 0.582. The van der Waals surface area contributed by atoms with E-state index in [9.17, 15) is 4.79 Å². The lowest BCUT2D eigenvalue weighted by atomic mass is 10.2. The predicted molar refractivity (Wildman–Crippen MR) is 64.8 cm³/mol. The van der Waals surface area contributed by atoms with Crippen LogP contribution in [0.5, 0.6) is 11.5 Å². The minimum Gasteiger partial charge on any atom is -0.493 e. The van der Waals surface area contributed by atoms with Gasteiger partial charge in [-0.05, 0) is 12.1 Å². The molecule has 0 aliphatic carbocycles. The van der Waals surface area contributed by atoms with Crippen molar-refractivity contribution in [1.29, 1.82) is 0 Å². The van der Waals surface area contributed by atoms with Crippen LogP contribution in [0.25, 0.3) is 0 Å². The monoisotopic (exact) mass is 255 g/mol. The van der Waals surface area contributed by atoms with Gasteiger partial charge in [-0.1, -0.05) is 6.07 Å². The van der Waals surface area contributed by atoms with Crippen molar-refractivity contribution in [2.45, 2.75) is 0 Å². The lowest BCUT2D eigenvalue weighted by Gasteiger charge is -2.12. The van der Waals surface area contributed by atoms with Gasteiger partial charge in [-0.3, -0.25) is 9.63 Å². The molecule has 0 spiro atoms. The number of carbonyl (C=O) groups is 1. The third-order valence-corrected chi connectivity index (χ3v) is 2.20. The Bertz CT molecular complexity index is 394. The van der Waals surface area contributed by atoms with Gasteiger partial charge in [0.25, 0.3) is 5.91 Å². The Morgan fingerprint density at radius 2 is 1.94 bits per heavy atom. The van der Waals surface area contributed by atoms with Gasteiger partial charge in [-0.15, -0.1) is 0 Å². The Hall–Kier alpha value is -1.79. The first-order chi connectivity index (χ1) is 8.74. The van der Waals surface area contributed by atoms with E-state index in [0.717, 1.165) is 0 Å². The molecule has 0 atom stereocenters. The number of hydroxylamine groups is 1. The number of ether oxygens (including phenoxy) is 3. The minimum atomic E-state index is -0.401. The van der Waals surface area contributed by atoms with Gasteiger partial charge in [0.2, 0.25) is 0 Å². The summed E-state index contributed by atoms with van der Waals surface area (Å²) in [4.78, 5) is 16.8. The van der Waals surface area contributed by atoms with E-state index in [4.69, 9.17) is 19.0 Å². The highest BCUT2D eigenvalue weighted by molar-refractivity contribution is 5.97. The van der Waals surface area contributed by atoms with Crippen LogP contribution in [0, 0.1) is 0 Å². The zero-order chi connectivity index (χ0) is 13.4. The summed E-state index contributed by atoms with van der Waals surface area (Å²) in [6.07, 6.45) is 0. The van der Waals surface area contributed by atoms with E-state index in [1.165, 1.54) is 14.2 Å². The Morgan fingerprint density at radius 3 is 2.56 bits per heavy atom. The smallest absolute Gasteiger partial charge is 0.278 e. The summed E-state index contributed by atoms with van der Waals surface area (Å²) in [5.41, 5.74) is 2.65. The average molecular weight is 255 g/mol. The number of benzene rings is 1. The fourth-order valence-corrected chi connectivity index (χ4v) is 1.36. The molecule has 100 valence electrons. The van der Waals surface area contributed by atoms with Crippen LogP contribution in [-0.2, 0) is 9.57 Å². The SMILES string of the molecule is COCCONC(=O)c1cccc(OC)c1OC. The van der Waals surface area contributed by atoms with Gasteiger partial charge in [0.1, 0.15) is 0 Å². The van der Waals surface area contributed by atoms with Crippen LogP contribution in [0.3, 0.4) is 0 Å². The highest BCUT2D eigenvalue weighted by Crippen LogP contribution is 2.30. The molecule has 0 saturated heterocycles. The number of amides is 1. The number of para-hydroxylation sites is 1. The second kappa shape index (κ2) is 7.52. The van der Waals surface area contributed by atoms with Gasteiger partial charge in [0, 0.05) is 7.11 Å². The first-order valence-corrected chi connectivity index (χ1v) is 5.36. The number of methoxy groups -OCH3 is 3. The lowest BCUT2D eigenvalue weighted by molar-refractivity contribution is 0.00871. The van der Waals surface area contributed by atoms with Gasteiger partial charge >= 0.3 is 0 Å². The molecule has 6 heteroatoms. The Balaban J connectivity index is 2.72. The van der Waals surface area contributed by atoms with E-state index in [2.05, 4.69) is 5.48 Å². The summed E-state index contributed by atoms with van der Waals surface area (Å²) >= 11 is 0. The lowest BCUT2D eigenvalue weighted by Crippen LogP contribution is -2.25. The van der Waals surface area contributed by atoms with Crippen LogP contribution in [-0.4, -0.2) is 40.5 Å². The average Bonchev–Trinajstić information content (AvgIpc) is 2.42. The molecule has 1 rings (SSSR count). The van der Waals surface area contributed by atoms with Crippen molar-refractivity contribution in [3.8, 4) is 11.5 Å². The van der Waals surface area contributed by atoms with Gasteiger partial charge in [-0.25, -0.2) is 5.48 Å². The molecule has 1 aromatic carbocycles. The summed E-state index contributed by atoms with van der Waals surface area (Å²) in [5.74, 6) is 0.455. The summed E-state index contributed by atoms with van der Waals surface area (Å²) in [5, 5.41) is 0. The van der Waals surface area contributed by atoms with E-state index >= 15 is 0 Å². The van der Waals surface area contributed by atoms with Crippen LogP contribution in [0.4, 0.5) is 0 Å². The third-order valence-electron chi connectivity index (χ3n) is 2.20. The largest absolute Gasteiger partial charge is 0.493 e. The molecule has 0 aromatic heterocycles. The first-order valence-electron chi connectivity index (χ1n) is 5.36. The molecule has 18 heavy (non-hydrogen) atoms. The van der Waals surface area contributed by atoms with Gasteiger partial charge in [-0.2, -0.15) is 0 Å². The van der Waals surface area contributed by atoms with Crippen molar-refractivity contribution < 1.29 is 23.8 Å². The van der Waals surface area contributed by atoms with Crippen molar-refractivity contribution in [1.82, 2.24) is 5.48 Å². The first kappa shape index (κ1) is 14.3. The van der Waals surface area contributed by atoms with Crippen LogP contribution in [0.15, 0.2) is 18.2 Å². The van der Waals surface area contributed by atoms with Crippen molar-refractivity contribution in [3.05, 3.63) is 23.8 Å². The second-order valence-electron chi connectivity index (χ2n) is 3.31. The van der Waals surface area contributed by atoms with Crippen LogP contribution in [0.1, 0.15) is 10.4 Å². The Labute approximate surface area is 106 Å². The van der Waals surface area contributed by atoms with E-state index in [0.29, 0.717) is 23.7 Å². The summed E-state index contributed by atoms with van der Waals surface area (Å²) in [7, 11) is 4.53. The maximum atomic E-state index is 11.8. The molecule has 0 heterocycles. The predicted octanol–water partition coefficient (Wildman–Crippen LogP) is 1.01. The van der Waals surface area contributed by atoms with E-state index in [1.807, 2.05) is 0 Å². The normalized spacial score (nSPS) is 9.94. The zero-order valence-electron chi connectivity index (χ0n) is 10.7. The molecule has 1 aromatic rings. The Kier molecular flexibility index (Phi) is 5.96. The zero-order valence-corrected chi connectivity index (χ0v) is 10.7. The van der Waals surface area contributed by atoms with Crippen molar-refractivity contribution >= 4 is 5.91 Å². The molecular weight excluding hydrogens is 238 g/mol. The molecular formula is C12H17NO5. The summed E-state index contributed by atoms with van der Waals surface area (Å²) < 4.78 is 15.0. The summed E-state index contributed by atoms with van der Waals surface area (Å²) in [6, 6.07) is 5.03. The molecule has 0 aliphatic heterocycles. The van der Waals surface area contributed by atoms with Crippen molar-refractivity contribution in [2.75, 3.05) is 34.5 Å². The topological polar surface area (TPSA) is 66.0 Å². The fourth-order valence-electron chi connectivity index (χ4n) is 1.36. The van der Waals surface area contributed by atoms with Gasteiger partial charge in [0.15, 0.2) is 11.5 Å². The molecule has 0 aliphatic rings. The number of hydrogen-bond acceptors (Lipinski definition) is 5. The minimum absolute atomic E-state index is 0.272. The van der Waals surface area contributed by atoms with E-state index in [-0.39, 0.29) is 6.61 Å².